The Bertz CT molecular complexity index is 823. The van der Waals surface area contributed by atoms with Gasteiger partial charge in [-0.3, -0.25) is 4.79 Å². The third kappa shape index (κ3) is 3.43. The van der Waals surface area contributed by atoms with Gasteiger partial charge in [-0.15, -0.1) is 0 Å². The minimum atomic E-state index is -3.37. The van der Waals surface area contributed by atoms with Gasteiger partial charge < -0.3 is 10.6 Å². The summed E-state index contributed by atoms with van der Waals surface area (Å²) in [4.78, 5) is 12.3. The molecule has 1 amide bonds. The number of aromatic nitrogens is 2. The number of benzene rings is 1. The standard InChI is InChI=1S/C15H18N4O3S/c1-23(21,22)14-7-3-2-6-13(14)19-10-11(9-17-19)18-15(20)12-5-4-8-16-12/h2-3,6-7,9-10,12,16H,4-5,8H2,1H3,(H,18,20). The zero-order valence-electron chi connectivity index (χ0n) is 12.7. The number of nitrogens with one attached hydrogen (secondary N) is 2. The summed E-state index contributed by atoms with van der Waals surface area (Å²) in [5.41, 5.74) is 0.987. The van der Waals surface area contributed by atoms with Crippen molar-refractivity contribution in [1.82, 2.24) is 15.1 Å². The van der Waals surface area contributed by atoms with Crippen molar-refractivity contribution in [3.63, 3.8) is 0 Å². The van der Waals surface area contributed by atoms with E-state index >= 15 is 0 Å². The van der Waals surface area contributed by atoms with Crippen LogP contribution in [0, 0.1) is 0 Å². The summed E-state index contributed by atoms with van der Waals surface area (Å²) in [6, 6.07) is 6.44. The second-order valence-electron chi connectivity index (χ2n) is 5.55. The maximum atomic E-state index is 12.1. The van der Waals surface area contributed by atoms with Crippen molar-refractivity contribution in [3.8, 4) is 5.69 Å². The lowest BCUT2D eigenvalue weighted by Crippen LogP contribution is -2.35. The minimum absolute atomic E-state index is 0.0987. The van der Waals surface area contributed by atoms with Crippen LogP contribution in [0.25, 0.3) is 5.69 Å². The fraction of sp³-hybridized carbons (Fsp3) is 0.333. The summed E-state index contributed by atoms with van der Waals surface area (Å²) < 4.78 is 25.2. The van der Waals surface area contributed by atoms with Crippen LogP contribution in [-0.2, 0) is 14.6 Å². The van der Waals surface area contributed by atoms with Crippen LogP contribution in [0.2, 0.25) is 0 Å². The number of hydrogen-bond donors (Lipinski definition) is 2. The van der Waals surface area contributed by atoms with Crippen molar-refractivity contribution < 1.29 is 13.2 Å². The predicted octanol–water partition coefficient (Wildman–Crippen LogP) is 0.966. The van der Waals surface area contributed by atoms with Crippen molar-refractivity contribution >= 4 is 21.4 Å². The molecule has 1 aromatic heterocycles. The Morgan fingerprint density at radius 3 is 2.87 bits per heavy atom. The molecular formula is C15H18N4O3S. The molecule has 8 heteroatoms. The molecule has 3 rings (SSSR count). The van der Waals surface area contributed by atoms with Crippen LogP contribution in [0.4, 0.5) is 5.69 Å². The Hall–Kier alpha value is -2.19. The van der Waals surface area contributed by atoms with Crippen molar-refractivity contribution in [2.75, 3.05) is 18.1 Å². The molecule has 122 valence electrons. The van der Waals surface area contributed by atoms with Crippen molar-refractivity contribution in [2.45, 2.75) is 23.8 Å². The molecular weight excluding hydrogens is 316 g/mol. The molecule has 0 radical (unpaired) electrons. The average Bonchev–Trinajstić information content (AvgIpc) is 3.18. The first-order valence-corrected chi connectivity index (χ1v) is 9.23. The Morgan fingerprint density at radius 1 is 1.39 bits per heavy atom. The summed E-state index contributed by atoms with van der Waals surface area (Å²) >= 11 is 0. The summed E-state index contributed by atoms with van der Waals surface area (Å²) in [5, 5.41) is 10.1. The Balaban J connectivity index is 1.84. The first kappa shape index (κ1) is 15.7. The number of para-hydroxylation sites is 1. The lowest BCUT2D eigenvalue weighted by atomic mass is 10.2. The van der Waals surface area contributed by atoms with Gasteiger partial charge in [0, 0.05) is 6.26 Å². The second kappa shape index (κ2) is 6.13. The minimum Gasteiger partial charge on any atom is -0.322 e. The monoisotopic (exact) mass is 334 g/mol. The molecule has 2 aromatic rings. The normalized spacial score (nSPS) is 18.0. The number of rotatable bonds is 4. The molecule has 0 bridgehead atoms. The van der Waals surface area contributed by atoms with Gasteiger partial charge in [0.1, 0.15) is 0 Å². The van der Waals surface area contributed by atoms with Crippen LogP contribution < -0.4 is 10.6 Å². The molecule has 0 aliphatic carbocycles. The summed E-state index contributed by atoms with van der Waals surface area (Å²) in [6.45, 7) is 0.846. The average molecular weight is 334 g/mol. The number of amides is 1. The lowest BCUT2D eigenvalue weighted by Gasteiger charge is -2.09. The van der Waals surface area contributed by atoms with Gasteiger partial charge in [0.05, 0.1) is 34.7 Å². The van der Waals surface area contributed by atoms with E-state index in [-0.39, 0.29) is 16.8 Å². The molecule has 1 fully saturated rings. The molecule has 1 unspecified atom stereocenters. The summed E-state index contributed by atoms with van der Waals surface area (Å²) in [5.74, 6) is -0.0987. The SMILES string of the molecule is CS(=O)(=O)c1ccccc1-n1cc(NC(=O)C2CCCN2)cn1. The first-order valence-electron chi connectivity index (χ1n) is 7.33. The number of carbonyl (C=O) groups excluding carboxylic acids is 1. The van der Waals surface area contributed by atoms with E-state index in [0.29, 0.717) is 11.4 Å². The summed E-state index contributed by atoms with van der Waals surface area (Å²) in [6.07, 6.45) is 6.07. The zero-order chi connectivity index (χ0) is 16.4. The predicted molar refractivity (Wildman–Crippen MR) is 86.3 cm³/mol. The van der Waals surface area contributed by atoms with Crippen molar-refractivity contribution in [2.24, 2.45) is 0 Å². The summed E-state index contributed by atoms with van der Waals surface area (Å²) in [7, 11) is -3.37. The maximum Gasteiger partial charge on any atom is 0.241 e. The van der Waals surface area contributed by atoms with Crippen molar-refractivity contribution in [1.29, 1.82) is 0 Å². The van der Waals surface area contributed by atoms with E-state index < -0.39 is 9.84 Å². The third-order valence-corrected chi connectivity index (χ3v) is 4.88. The number of anilines is 1. The molecule has 0 spiro atoms. The highest BCUT2D eigenvalue weighted by atomic mass is 32.2. The van der Waals surface area contributed by atoms with Crippen LogP contribution in [0.3, 0.4) is 0 Å². The Labute approximate surface area is 134 Å². The first-order chi connectivity index (χ1) is 10.9. The number of sulfone groups is 1. The fourth-order valence-corrected chi connectivity index (χ4v) is 3.48. The van der Waals surface area contributed by atoms with Gasteiger partial charge in [0.2, 0.25) is 5.91 Å². The molecule has 1 aliphatic rings. The van der Waals surface area contributed by atoms with E-state index in [1.54, 1.807) is 24.4 Å². The second-order valence-corrected chi connectivity index (χ2v) is 7.54. The largest absolute Gasteiger partial charge is 0.322 e. The van der Waals surface area contributed by atoms with E-state index in [4.69, 9.17) is 0 Å². The lowest BCUT2D eigenvalue weighted by molar-refractivity contribution is -0.117. The van der Waals surface area contributed by atoms with Crippen LogP contribution in [-0.4, -0.2) is 42.9 Å². The molecule has 1 saturated heterocycles. The van der Waals surface area contributed by atoms with E-state index in [9.17, 15) is 13.2 Å². The third-order valence-electron chi connectivity index (χ3n) is 3.74. The highest BCUT2D eigenvalue weighted by molar-refractivity contribution is 7.90. The van der Waals surface area contributed by atoms with E-state index in [1.165, 1.54) is 16.9 Å². The highest BCUT2D eigenvalue weighted by Gasteiger charge is 2.22. The quantitative estimate of drug-likeness (QED) is 0.869. The molecule has 2 heterocycles. The zero-order valence-corrected chi connectivity index (χ0v) is 13.5. The topological polar surface area (TPSA) is 93.1 Å². The Morgan fingerprint density at radius 2 is 2.17 bits per heavy atom. The molecule has 23 heavy (non-hydrogen) atoms. The van der Waals surface area contributed by atoms with Gasteiger partial charge in [-0.1, -0.05) is 12.1 Å². The van der Waals surface area contributed by atoms with E-state index in [0.717, 1.165) is 25.6 Å². The molecule has 1 atom stereocenters. The van der Waals surface area contributed by atoms with Crippen LogP contribution in [0.1, 0.15) is 12.8 Å². The smallest absolute Gasteiger partial charge is 0.241 e. The van der Waals surface area contributed by atoms with Gasteiger partial charge in [-0.25, -0.2) is 13.1 Å². The highest BCUT2D eigenvalue weighted by Crippen LogP contribution is 2.21. The molecule has 0 saturated carbocycles. The van der Waals surface area contributed by atoms with Crippen LogP contribution in [0.5, 0.6) is 0 Å². The van der Waals surface area contributed by atoms with Gasteiger partial charge in [0.25, 0.3) is 0 Å². The van der Waals surface area contributed by atoms with E-state index in [1.807, 2.05) is 0 Å². The van der Waals surface area contributed by atoms with Crippen LogP contribution >= 0.6 is 0 Å². The fourth-order valence-electron chi connectivity index (χ4n) is 2.62. The molecule has 1 aromatic carbocycles. The Kier molecular flexibility index (Phi) is 4.18. The van der Waals surface area contributed by atoms with Crippen LogP contribution in [0.15, 0.2) is 41.6 Å². The maximum absolute atomic E-state index is 12.1. The van der Waals surface area contributed by atoms with Gasteiger partial charge in [0.15, 0.2) is 9.84 Å². The molecule has 7 nitrogen and oxygen atoms in total. The number of nitrogens with zero attached hydrogens (tertiary/aromatic N) is 2. The molecule has 2 N–H and O–H groups in total. The number of hydrogen-bond acceptors (Lipinski definition) is 5. The van der Waals surface area contributed by atoms with Gasteiger partial charge >= 0.3 is 0 Å². The number of carbonyl (C=O) groups is 1. The van der Waals surface area contributed by atoms with E-state index in [2.05, 4.69) is 15.7 Å². The van der Waals surface area contributed by atoms with Gasteiger partial charge in [-0.05, 0) is 31.5 Å². The van der Waals surface area contributed by atoms with Gasteiger partial charge in [-0.2, -0.15) is 5.10 Å². The molecule has 1 aliphatic heterocycles. The van der Waals surface area contributed by atoms with Crippen molar-refractivity contribution in [3.05, 3.63) is 36.7 Å².